The zero-order valence-electron chi connectivity index (χ0n) is 37.9. The van der Waals surface area contributed by atoms with Gasteiger partial charge in [0.25, 0.3) is 0 Å². The molecular weight excluding hydrogens is 763 g/mol. The van der Waals surface area contributed by atoms with Crippen molar-refractivity contribution < 1.29 is 50.0 Å². The molecule has 0 spiro atoms. The lowest BCUT2D eigenvalue weighted by Gasteiger charge is -2.40. The van der Waals surface area contributed by atoms with Gasteiger partial charge >= 0.3 is 0 Å². The van der Waals surface area contributed by atoms with Crippen LogP contribution in [-0.4, -0.2) is 110 Å². The van der Waals surface area contributed by atoms with Crippen LogP contribution < -0.4 is 5.32 Å². The summed E-state index contributed by atoms with van der Waals surface area (Å²) in [5, 5.41) is 75.6. The molecule has 1 fully saturated rings. The summed E-state index contributed by atoms with van der Waals surface area (Å²) in [5.74, 6) is -0.728. The standard InChI is InChI=1S/C49H91NO10/c1-3-5-7-9-11-13-15-17-18-19-20-21-22-23-24-25-27-28-30-32-34-36-41(52)44(54)40(39-59-49-47(57)46(56)45(55)43(38-51)60-49)50-48(58)42(53)37-35-33-31-29-26-16-14-12-10-8-6-4-2/h23-24,26,28-30,40-47,49,51-57H,3-22,25,27,31-39H2,1-2H3,(H,50,58)/b24-23+,29-26-,30-28+. The number of amides is 1. The second-order valence-corrected chi connectivity index (χ2v) is 17.2. The number of hydrogen-bond donors (Lipinski definition) is 8. The van der Waals surface area contributed by atoms with E-state index in [1.807, 2.05) is 0 Å². The fraction of sp³-hybridized carbons (Fsp3) is 0.857. The summed E-state index contributed by atoms with van der Waals surface area (Å²) in [6.45, 7) is 3.39. The maximum atomic E-state index is 13.1. The minimum atomic E-state index is -1.67. The van der Waals surface area contributed by atoms with Crippen LogP contribution >= 0.6 is 0 Å². The zero-order chi connectivity index (χ0) is 44.1. The summed E-state index contributed by atoms with van der Waals surface area (Å²) >= 11 is 0. The average Bonchev–Trinajstić information content (AvgIpc) is 3.25. The van der Waals surface area contributed by atoms with Crippen molar-refractivity contribution in [3.05, 3.63) is 36.5 Å². The Bertz CT molecular complexity index is 1070. The molecular formula is C49H91NO10. The summed E-state index contributed by atoms with van der Waals surface area (Å²) < 4.78 is 11.1. The molecule has 1 saturated heterocycles. The van der Waals surface area contributed by atoms with E-state index in [2.05, 4.69) is 55.6 Å². The molecule has 0 aromatic rings. The lowest BCUT2D eigenvalue weighted by atomic mass is 9.98. The van der Waals surface area contributed by atoms with E-state index in [1.165, 1.54) is 116 Å². The molecule has 0 aromatic carbocycles. The first kappa shape index (κ1) is 56.3. The predicted octanol–water partition coefficient (Wildman–Crippen LogP) is 8.39. The number of unbranched alkanes of at least 4 members (excludes halogenated alkanes) is 22. The number of allylic oxidation sites excluding steroid dienone is 6. The van der Waals surface area contributed by atoms with Crippen LogP contribution in [0.5, 0.6) is 0 Å². The van der Waals surface area contributed by atoms with Gasteiger partial charge in [-0.15, -0.1) is 0 Å². The lowest BCUT2D eigenvalue weighted by molar-refractivity contribution is -0.303. The summed E-state index contributed by atoms with van der Waals surface area (Å²) in [4.78, 5) is 13.1. The Morgan fingerprint density at radius 1 is 0.567 bits per heavy atom. The van der Waals surface area contributed by atoms with Gasteiger partial charge in [-0.2, -0.15) is 0 Å². The van der Waals surface area contributed by atoms with Gasteiger partial charge < -0.3 is 50.5 Å². The van der Waals surface area contributed by atoms with Gasteiger partial charge in [-0.1, -0.05) is 159 Å². The average molecular weight is 854 g/mol. The fourth-order valence-corrected chi connectivity index (χ4v) is 7.57. The molecule has 352 valence electrons. The third-order valence-electron chi connectivity index (χ3n) is 11.6. The van der Waals surface area contributed by atoms with Crippen LogP contribution in [0.25, 0.3) is 0 Å². The molecule has 1 heterocycles. The predicted molar refractivity (Wildman–Crippen MR) is 242 cm³/mol. The number of nitrogens with one attached hydrogen (secondary N) is 1. The molecule has 0 radical (unpaired) electrons. The summed E-state index contributed by atoms with van der Waals surface area (Å²) in [7, 11) is 0. The van der Waals surface area contributed by atoms with Gasteiger partial charge in [-0.3, -0.25) is 4.79 Å². The molecule has 0 aromatic heterocycles. The lowest BCUT2D eigenvalue weighted by Crippen LogP contribution is -2.60. The fourth-order valence-electron chi connectivity index (χ4n) is 7.57. The monoisotopic (exact) mass is 854 g/mol. The highest BCUT2D eigenvalue weighted by molar-refractivity contribution is 5.80. The molecule has 0 bridgehead atoms. The van der Waals surface area contributed by atoms with Crippen LogP contribution in [0.1, 0.15) is 200 Å². The van der Waals surface area contributed by atoms with Crippen LogP contribution in [0, 0.1) is 0 Å². The third-order valence-corrected chi connectivity index (χ3v) is 11.6. The maximum Gasteiger partial charge on any atom is 0.249 e. The van der Waals surface area contributed by atoms with E-state index >= 15 is 0 Å². The number of rotatable bonds is 40. The minimum Gasteiger partial charge on any atom is -0.394 e. The molecule has 11 nitrogen and oxygen atoms in total. The van der Waals surface area contributed by atoms with Crippen LogP contribution in [0.3, 0.4) is 0 Å². The van der Waals surface area contributed by atoms with Gasteiger partial charge in [-0.25, -0.2) is 0 Å². The van der Waals surface area contributed by atoms with Crippen molar-refractivity contribution >= 4 is 5.91 Å². The van der Waals surface area contributed by atoms with E-state index in [0.29, 0.717) is 19.3 Å². The molecule has 1 aliphatic heterocycles. The second-order valence-electron chi connectivity index (χ2n) is 17.2. The van der Waals surface area contributed by atoms with Gasteiger partial charge in [0.15, 0.2) is 6.29 Å². The highest BCUT2D eigenvalue weighted by Crippen LogP contribution is 2.23. The van der Waals surface area contributed by atoms with Crippen LogP contribution in [0.4, 0.5) is 0 Å². The van der Waals surface area contributed by atoms with Gasteiger partial charge in [0.05, 0.1) is 25.4 Å². The summed E-state index contributed by atoms with van der Waals surface area (Å²) in [6.07, 6.45) is 33.5. The molecule has 60 heavy (non-hydrogen) atoms. The van der Waals surface area contributed by atoms with E-state index in [0.717, 1.165) is 38.5 Å². The normalized spacial score (nSPS) is 21.9. The number of aliphatic hydroxyl groups excluding tert-OH is 7. The molecule has 1 aliphatic rings. The Morgan fingerprint density at radius 2 is 1.00 bits per heavy atom. The second kappa shape index (κ2) is 39.0. The van der Waals surface area contributed by atoms with Crippen LogP contribution in [0.2, 0.25) is 0 Å². The van der Waals surface area contributed by atoms with Crippen molar-refractivity contribution in [2.24, 2.45) is 0 Å². The summed E-state index contributed by atoms with van der Waals surface area (Å²) in [6, 6.07) is -1.20. The highest BCUT2D eigenvalue weighted by Gasteiger charge is 2.44. The molecule has 11 heteroatoms. The van der Waals surface area contributed by atoms with Crippen molar-refractivity contribution in [1.82, 2.24) is 5.32 Å². The van der Waals surface area contributed by atoms with E-state index in [-0.39, 0.29) is 12.8 Å². The van der Waals surface area contributed by atoms with Crippen LogP contribution in [-0.2, 0) is 14.3 Å². The number of carbonyl (C=O) groups is 1. The molecule has 0 saturated carbocycles. The largest absolute Gasteiger partial charge is 0.394 e. The maximum absolute atomic E-state index is 13.1. The zero-order valence-corrected chi connectivity index (χ0v) is 37.9. The third kappa shape index (κ3) is 28.1. The number of aliphatic hydroxyl groups is 7. The van der Waals surface area contributed by atoms with Crippen molar-refractivity contribution in [3.63, 3.8) is 0 Å². The Hall–Kier alpha value is -1.67. The van der Waals surface area contributed by atoms with Gasteiger partial charge in [0.2, 0.25) is 5.91 Å². The first-order valence-electron chi connectivity index (χ1n) is 24.4. The van der Waals surface area contributed by atoms with E-state index in [9.17, 15) is 40.5 Å². The number of ether oxygens (including phenoxy) is 2. The van der Waals surface area contributed by atoms with Gasteiger partial charge in [0.1, 0.15) is 36.6 Å². The van der Waals surface area contributed by atoms with Crippen molar-refractivity contribution in [2.45, 2.75) is 255 Å². The molecule has 9 unspecified atom stereocenters. The Labute approximate surface area is 365 Å². The molecule has 9 atom stereocenters. The Kier molecular flexibility index (Phi) is 36.6. The minimum absolute atomic E-state index is 0.220. The van der Waals surface area contributed by atoms with Crippen molar-refractivity contribution in [3.8, 4) is 0 Å². The van der Waals surface area contributed by atoms with Crippen molar-refractivity contribution in [1.29, 1.82) is 0 Å². The molecule has 1 rings (SSSR count). The first-order valence-corrected chi connectivity index (χ1v) is 24.4. The van der Waals surface area contributed by atoms with Crippen LogP contribution in [0.15, 0.2) is 36.5 Å². The summed E-state index contributed by atoms with van der Waals surface area (Å²) in [5.41, 5.74) is 0. The smallest absolute Gasteiger partial charge is 0.249 e. The number of hydrogen-bond acceptors (Lipinski definition) is 10. The van der Waals surface area contributed by atoms with Crippen molar-refractivity contribution in [2.75, 3.05) is 13.2 Å². The number of carbonyl (C=O) groups excluding carboxylic acids is 1. The SMILES string of the molecule is CCCCCCCC/C=C\CCCCC(O)C(=O)NC(COC1OC(CO)C(O)C(O)C1O)C(O)C(O)CCC/C=C/CC/C=C/CCCCCCCCCCCCCC. The van der Waals surface area contributed by atoms with E-state index in [1.54, 1.807) is 0 Å². The topological polar surface area (TPSA) is 189 Å². The quantitative estimate of drug-likeness (QED) is 0.0220. The van der Waals surface area contributed by atoms with E-state index in [4.69, 9.17) is 9.47 Å². The Balaban J connectivity index is 2.45. The van der Waals surface area contributed by atoms with E-state index < -0.39 is 74.2 Å². The van der Waals surface area contributed by atoms with Gasteiger partial charge in [0, 0.05) is 0 Å². The molecule has 1 amide bonds. The molecule has 0 aliphatic carbocycles. The molecule has 8 N–H and O–H groups in total. The van der Waals surface area contributed by atoms with Gasteiger partial charge in [-0.05, 0) is 77.0 Å². The Morgan fingerprint density at radius 3 is 1.48 bits per heavy atom. The first-order chi connectivity index (χ1) is 29.2. The highest BCUT2D eigenvalue weighted by atomic mass is 16.7.